The molecule has 0 aliphatic carbocycles. The van der Waals surface area contributed by atoms with E-state index >= 15 is 0 Å². The number of ether oxygens (including phenoxy) is 2. The number of carbonyl (C=O) groups excluding carboxylic acids is 1. The summed E-state index contributed by atoms with van der Waals surface area (Å²) in [4.78, 5) is 11.3. The molecule has 1 aliphatic rings. The van der Waals surface area contributed by atoms with Crippen molar-refractivity contribution >= 4 is 5.91 Å². The van der Waals surface area contributed by atoms with Gasteiger partial charge in [0.05, 0.1) is 18.9 Å². The fraction of sp³-hybridized carbons (Fsp3) is 0.273. The molecular formula is C22H24N4O3. The number of nitrogens with zero attached hydrogens (tertiary/aromatic N) is 2. The van der Waals surface area contributed by atoms with E-state index in [0.29, 0.717) is 31.9 Å². The summed E-state index contributed by atoms with van der Waals surface area (Å²) < 4.78 is 13.3. The van der Waals surface area contributed by atoms with E-state index in [2.05, 4.69) is 10.4 Å². The van der Waals surface area contributed by atoms with Crippen LogP contribution in [0, 0.1) is 0 Å². The van der Waals surface area contributed by atoms with Crippen molar-refractivity contribution in [3.8, 4) is 22.8 Å². The van der Waals surface area contributed by atoms with Crippen LogP contribution in [0.3, 0.4) is 0 Å². The zero-order valence-corrected chi connectivity index (χ0v) is 16.4. The molecule has 1 amide bonds. The highest BCUT2D eigenvalue weighted by molar-refractivity contribution is 5.92. The summed E-state index contributed by atoms with van der Waals surface area (Å²) in [7, 11) is 1.91. The van der Waals surface area contributed by atoms with E-state index in [9.17, 15) is 4.79 Å². The van der Waals surface area contributed by atoms with E-state index < -0.39 is 5.91 Å². The van der Waals surface area contributed by atoms with Crippen molar-refractivity contribution in [2.45, 2.75) is 19.5 Å². The molecule has 2 aromatic carbocycles. The Hall–Kier alpha value is -3.32. The van der Waals surface area contributed by atoms with Crippen molar-refractivity contribution in [2.75, 3.05) is 13.2 Å². The van der Waals surface area contributed by atoms with Crippen molar-refractivity contribution in [3.05, 3.63) is 65.4 Å². The Bertz CT molecular complexity index is 1030. The van der Waals surface area contributed by atoms with Crippen molar-refractivity contribution in [2.24, 2.45) is 12.8 Å². The van der Waals surface area contributed by atoms with Gasteiger partial charge in [0.25, 0.3) is 0 Å². The van der Waals surface area contributed by atoms with Crippen LogP contribution in [0.2, 0.25) is 0 Å². The molecule has 0 spiro atoms. The predicted octanol–water partition coefficient (Wildman–Crippen LogP) is 2.64. The number of hydrogen-bond acceptors (Lipinski definition) is 5. The van der Waals surface area contributed by atoms with Gasteiger partial charge in [0, 0.05) is 49.4 Å². The van der Waals surface area contributed by atoms with E-state index in [1.807, 2.05) is 54.3 Å². The number of benzene rings is 2. The lowest BCUT2D eigenvalue weighted by Crippen LogP contribution is -2.15. The molecule has 4 rings (SSSR count). The van der Waals surface area contributed by atoms with Gasteiger partial charge in [-0.15, -0.1) is 0 Å². The lowest BCUT2D eigenvalue weighted by molar-refractivity contribution is 0.1000. The van der Waals surface area contributed by atoms with Gasteiger partial charge in [0.1, 0.15) is 0 Å². The number of hydrogen-bond donors (Lipinski definition) is 2. The maximum absolute atomic E-state index is 11.3. The van der Waals surface area contributed by atoms with Gasteiger partial charge < -0.3 is 20.5 Å². The highest BCUT2D eigenvalue weighted by atomic mass is 16.5. The smallest absolute Gasteiger partial charge is 0.248 e. The zero-order valence-electron chi connectivity index (χ0n) is 16.4. The molecule has 0 unspecified atom stereocenters. The second-order valence-corrected chi connectivity index (χ2v) is 7.06. The number of carbonyl (C=O) groups is 1. The van der Waals surface area contributed by atoms with E-state index in [1.165, 1.54) is 0 Å². The van der Waals surface area contributed by atoms with Crippen LogP contribution in [-0.4, -0.2) is 28.9 Å². The molecule has 3 N–H and O–H groups in total. The fourth-order valence-corrected chi connectivity index (χ4v) is 3.40. The van der Waals surface area contributed by atoms with Gasteiger partial charge in [-0.2, -0.15) is 5.10 Å². The van der Waals surface area contributed by atoms with Crippen LogP contribution in [0.1, 0.15) is 27.9 Å². The highest BCUT2D eigenvalue weighted by Crippen LogP contribution is 2.34. The summed E-state index contributed by atoms with van der Waals surface area (Å²) in [6.45, 7) is 2.58. The monoisotopic (exact) mass is 392 g/mol. The van der Waals surface area contributed by atoms with Gasteiger partial charge >= 0.3 is 0 Å². The molecule has 7 heteroatoms. The highest BCUT2D eigenvalue weighted by Gasteiger charge is 2.15. The molecule has 29 heavy (non-hydrogen) atoms. The Balaban J connectivity index is 1.50. The van der Waals surface area contributed by atoms with Gasteiger partial charge in [0.15, 0.2) is 11.5 Å². The summed E-state index contributed by atoms with van der Waals surface area (Å²) in [5.74, 6) is 1.11. The van der Waals surface area contributed by atoms with Crippen LogP contribution in [0.4, 0.5) is 0 Å². The molecule has 3 aromatic rings. The molecule has 1 aliphatic heterocycles. The molecule has 0 bridgehead atoms. The molecule has 2 heterocycles. The third kappa shape index (κ3) is 4.41. The molecule has 0 radical (unpaired) electrons. The standard InChI is InChI=1S/C22H24N4O3/c1-26-14-18(13-24-12-15-4-2-5-17(10-15)22(23)27)21(25-26)16-6-7-19-20(11-16)29-9-3-8-28-19/h2,4-7,10-11,14,24H,3,8-9,12-13H2,1H3,(H2,23,27). The lowest BCUT2D eigenvalue weighted by atomic mass is 10.1. The first-order chi connectivity index (χ1) is 14.1. The topological polar surface area (TPSA) is 91.4 Å². The van der Waals surface area contributed by atoms with E-state index in [0.717, 1.165) is 40.3 Å². The summed E-state index contributed by atoms with van der Waals surface area (Å²) in [5, 5.41) is 8.05. The molecule has 0 atom stereocenters. The summed E-state index contributed by atoms with van der Waals surface area (Å²) >= 11 is 0. The minimum absolute atomic E-state index is 0.421. The Morgan fingerprint density at radius 1 is 1.14 bits per heavy atom. The quantitative estimate of drug-likeness (QED) is 0.673. The number of nitrogens with one attached hydrogen (secondary N) is 1. The Labute approximate surface area is 169 Å². The van der Waals surface area contributed by atoms with Gasteiger partial charge in [-0.05, 0) is 35.9 Å². The van der Waals surface area contributed by atoms with Crippen LogP contribution in [-0.2, 0) is 20.1 Å². The number of nitrogens with two attached hydrogens (primary N) is 1. The van der Waals surface area contributed by atoms with E-state index in [1.54, 1.807) is 6.07 Å². The second kappa shape index (κ2) is 8.36. The maximum atomic E-state index is 11.3. The van der Waals surface area contributed by atoms with Gasteiger partial charge in [0.2, 0.25) is 5.91 Å². The van der Waals surface area contributed by atoms with Crippen LogP contribution >= 0.6 is 0 Å². The van der Waals surface area contributed by atoms with Gasteiger partial charge in [-0.25, -0.2) is 0 Å². The molecular weight excluding hydrogens is 368 g/mol. The molecule has 150 valence electrons. The largest absolute Gasteiger partial charge is 0.490 e. The van der Waals surface area contributed by atoms with Crippen LogP contribution < -0.4 is 20.5 Å². The van der Waals surface area contributed by atoms with Crippen molar-refractivity contribution in [1.29, 1.82) is 0 Å². The number of primary amides is 1. The zero-order chi connectivity index (χ0) is 20.2. The third-order valence-electron chi connectivity index (χ3n) is 4.78. The minimum Gasteiger partial charge on any atom is -0.490 e. The molecule has 7 nitrogen and oxygen atoms in total. The number of aromatic nitrogens is 2. The predicted molar refractivity (Wildman–Crippen MR) is 110 cm³/mol. The normalized spacial score (nSPS) is 13.1. The van der Waals surface area contributed by atoms with Crippen molar-refractivity contribution < 1.29 is 14.3 Å². The molecule has 0 fully saturated rings. The maximum Gasteiger partial charge on any atom is 0.248 e. The Kier molecular flexibility index (Phi) is 5.48. The van der Waals surface area contributed by atoms with Crippen LogP contribution in [0.25, 0.3) is 11.3 Å². The molecule has 0 saturated heterocycles. The van der Waals surface area contributed by atoms with Crippen LogP contribution in [0.15, 0.2) is 48.7 Å². The Morgan fingerprint density at radius 3 is 2.79 bits per heavy atom. The first-order valence-corrected chi connectivity index (χ1v) is 9.62. The van der Waals surface area contributed by atoms with Crippen molar-refractivity contribution in [3.63, 3.8) is 0 Å². The first-order valence-electron chi connectivity index (χ1n) is 9.62. The van der Waals surface area contributed by atoms with Crippen LogP contribution in [0.5, 0.6) is 11.5 Å². The fourth-order valence-electron chi connectivity index (χ4n) is 3.40. The first kappa shape index (κ1) is 19.0. The average Bonchev–Trinajstić information content (AvgIpc) is 2.93. The SMILES string of the molecule is Cn1cc(CNCc2cccc(C(N)=O)c2)c(-c2ccc3c(c2)OCCCO3)n1. The van der Waals surface area contributed by atoms with Gasteiger partial charge in [-0.1, -0.05) is 12.1 Å². The third-order valence-corrected chi connectivity index (χ3v) is 4.78. The molecule has 1 aromatic heterocycles. The van der Waals surface area contributed by atoms with E-state index in [4.69, 9.17) is 15.2 Å². The average molecular weight is 392 g/mol. The number of fused-ring (bicyclic) bond motifs is 1. The molecule has 0 saturated carbocycles. The van der Waals surface area contributed by atoms with E-state index in [-0.39, 0.29) is 0 Å². The number of amides is 1. The van der Waals surface area contributed by atoms with Gasteiger partial charge in [-0.3, -0.25) is 9.48 Å². The lowest BCUT2D eigenvalue weighted by Gasteiger charge is -2.10. The second-order valence-electron chi connectivity index (χ2n) is 7.06. The summed E-state index contributed by atoms with van der Waals surface area (Å²) in [5.41, 5.74) is 9.84. The number of aryl methyl sites for hydroxylation is 1. The van der Waals surface area contributed by atoms with Crippen molar-refractivity contribution in [1.82, 2.24) is 15.1 Å². The Morgan fingerprint density at radius 2 is 1.97 bits per heavy atom. The minimum atomic E-state index is -0.421. The summed E-state index contributed by atoms with van der Waals surface area (Å²) in [6.07, 6.45) is 2.88. The summed E-state index contributed by atoms with van der Waals surface area (Å²) in [6, 6.07) is 13.3. The number of rotatable bonds is 6.